The molecule has 1 heterocycles. The predicted molar refractivity (Wildman–Crippen MR) is 96.4 cm³/mol. The molecule has 0 aliphatic heterocycles. The summed E-state index contributed by atoms with van der Waals surface area (Å²) in [6, 6.07) is 19.4. The molecular weight excluding hydrogens is 332 g/mol. The normalized spacial score (nSPS) is 10.2. The van der Waals surface area contributed by atoms with Crippen LogP contribution in [-0.4, -0.2) is 22.0 Å². The molecule has 130 valence electrons. The number of amides is 1. The summed E-state index contributed by atoms with van der Waals surface area (Å²) in [7, 11) is 0. The van der Waals surface area contributed by atoms with Gasteiger partial charge in [0.1, 0.15) is 18.2 Å². The number of carbonyl (C=O) groups is 2. The van der Waals surface area contributed by atoms with Crippen LogP contribution in [-0.2, 0) is 6.61 Å². The highest BCUT2D eigenvalue weighted by atomic mass is 16.5. The van der Waals surface area contributed by atoms with Crippen molar-refractivity contribution in [2.24, 2.45) is 0 Å². The van der Waals surface area contributed by atoms with Crippen LogP contribution in [0.15, 0.2) is 72.9 Å². The van der Waals surface area contributed by atoms with Crippen molar-refractivity contribution in [2.45, 2.75) is 6.61 Å². The number of nitrogens with zero attached hydrogens (tertiary/aromatic N) is 1. The molecule has 6 heteroatoms. The Kier molecular flexibility index (Phi) is 5.24. The standard InChI is InChI=1S/C20H16N2O4/c23-19(22-18-11-10-15(12-21-18)20(24)25)16-8-4-5-9-17(16)26-13-14-6-2-1-3-7-14/h1-12H,13H2,(H,24,25)(H,21,22,23). The van der Waals surface area contributed by atoms with E-state index in [1.807, 2.05) is 30.3 Å². The number of pyridine rings is 1. The molecule has 0 unspecified atom stereocenters. The maximum Gasteiger partial charge on any atom is 0.337 e. The minimum Gasteiger partial charge on any atom is -0.488 e. The van der Waals surface area contributed by atoms with Crippen LogP contribution in [0.2, 0.25) is 0 Å². The Morgan fingerprint density at radius 2 is 1.69 bits per heavy atom. The number of aromatic carboxylic acids is 1. The molecule has 0 aliphatic rings. The molecule has 0 saturated heterocycles. The van der Waals surface area contributed by atoms with E-state index in [1.54, 1.807) is 24.3 Å². The number of benzene rings is 2. The molecule has 6 nitrogen and oxygen atoms in total. The van der Waals surface area contributed by atoms with Crippen molar-refractivity contribution in [2.75, 3.05) is 5.32 Å². The zero-order chi connectivity index (χ0) is 18.4. The minimum absolute atomic E-state index is 0.0505. The lowest BCUT2D eigenvalue weighted by Gasteiger charge is -2.11. The Bertz CT molecular complexity index is 909. The third-order valence-electron chi connectivity index (χ3n) is 3.62. The zero-order valence-corrected chi connectivity index (χ0v) is 13.8. The lowest BCUT2D eigenvalue weighted by molar-refractivity contribution is 0.0696. The van der Waals surface area contributed by atoms with Crippen LogP contribution in [0.4, 0.5) is 5.82 Å². The van der Waals surface area contributed by atoms with Crippen molar-refractivity contribution in [3.8, 4) is 5.75 Å². The van der Waals surface area contributed by atoms with Crippen LogP contribution in [0.1, 0.15) is 26.3 Å². The van der Waals surface area contributed by atoms with Crippen molar-refractivity contribution < 1.29 is 19.4 Å². The maximum absolute atomic E-state index is 12.5. The van der Waals surface area contributed by atoms with Gasteiger partial charge in [-0.25, -0.2) is 9.78 Å². The third-order valence-corrected chi connectivity index (χ3v) is 3.62. The summed E-state index contributed by atoms with van der Waals surface area (Å²) >= 11 is 0. The smallest absolute Gasteiger partial charge is 0.337 e. The van der Waals surface area contributed by atoms with E-state index in [9.17, 15) is 9.59 Å². The molecule has 1 aromatic heterocycles. The number of rotatable bonds is 6. The van der Waals surface area contributed by atoms with Crippen LogP contribution < -0.4 is 10.1 Å². The molecule has 0 bridgehead atoms. The summed E-state index contributed by atoms with van der Waals surface area (Å²) < 4.78 is 5.77. The molecule has 3 rings (SSSR count). The summed E-state index contributed by atoms with van der Waals surface area (Å²) in [5.74, 6) is -0.742. The number of ether oxygens (including phenoxy) is 1. The van der Waals surface area contributed by atoms with Crippen LogP contribution in [0, 0.1) is 0 Å². The van der Waals surface area contributed by atoms with E-state index in [0.29, 0.717) is 17.9 Å². The second kappa shape index (κ2) is 7.94. The first-order chi connectivity index (χ1) is 12.6. The van der Waals surface area contributed by atoms with Gasteiger partial charge in [-0.3, -0.25) is 4.79 Å². The molecule has 0 aliphatic carbocycles. The highest BCUT2D eigenvalue weighted by molar-refractivity contribution is 6.05. The Labute approximate surface area is 150 Å². The number of hydrogen-bond donors (Lipinski definition) is 2. The van der Waals surface area contributed by atoms with Crippen molar-refractivity contribution in [3.63, 3.8) is 0 Å². The van der Waals surface area contributed by atoms with Crippen LogP contribution >= 0.6 is 0 Å². The largest absolute Gasteiger partial charge is 0.488 e. The fourth-order valence-electron chi connectivity index (χ4n) is 2.29. The Morgan fingerprint density at radius 1 is 0.962 bits per heavy atom. The van der Waals surface area contributed by atoms with Crippen molar-refractivity contribution in [3.05, 3.63) is 89.6 Å². The van der Waals surface area contributed by atoms with Crippen molar-refractivity contribution in [1.82, 2.24) is 4.98 Å². The zero-order valence-electron chi connectivity index (χ0n) is 13.8. The van der Waals surface area contributed by atoms with Crippen LogP contribution in [0.5, 0.6) is 5.75 Å². The van der Waals surface area contributed by atoms with Crippen molar-refractivity contribution >= 4 is 17.7 Å². The first-order valence-electron chi connectivity index (χ1n) is 7.90. The lowest BCUT2D eigenvalue weighted by atomic mass is 10.2. The third kappa shape index (κ3) is 4.24. The fourth-order valence-corrected chi connectivity index (χ4v) is 2.29. The number of aromatic nitrogens is 1. The summed E-state index contributed by atoms with van der Waals surface area (Å²) in [5, 5.41) is 11.5. The van der Waals surface area contributed by atoms with E-state index in [1.165, 1.54) is 18.3 Å². The lowest BCUT2D eigenvalue weighted by Crippen LogP contribution is -2.14. The van der Waals surface area contributed by atoms with E-state index in [4.69, 9.17) is 9.84 Å². The number of carboxylic acid groups (broad SMARTS) is 1. The molecule has 3 aromatic rings. The Balaban J connectivity index is 1.72. The molecule has 0 saturated carbocycles. The average molecular weight is 348 g/mol. The molecular formula is C20H16N2O4. The molecule has 0 spiro atoms. The van der Waals surface area contributed by atoms with E-state index in [0.717, 1.165) is 5.56 Å². The number of anilines is 1. The number of carboxylic acids is 1. The van der Waals surface area contributed by atoms with Gasteiger partial charge in [-0.15, -0.1) is 0 Å². The maximum atomic E-state index is 12.5. The van der Waals surface area contributed by atoms with E-state index >= 15 is 0 Å². The summed E-state index contributed by atoms with van der Waals surface area (Å²) in [5.41, 5.74) is 1.41. The van der Waals surface area contributed by atoms with Gasteiger partial charge in [-0.05, 0) is 29.8 Å². The number of nitrogens with one attached hydrogen (secondary N) is 1. The van der Waals surface area contributed by atoms with Gasteiger partial charge >= 0.3 is 5.97 Å². The summed E-state index contributed by atoms with van der Waals surface area (Å²) in [6.07, 6.45) is 1.19. The van der Waals surface area contributed by atoms with E-state index < -0.39 is 5.97 Å². The second-order valence-corrected chi connectivity index (χ2v) is 5.46. The number of hydrogen-bond acceptors (Lipinski definition) is 4. The van der Waals surface area contributed by atoms with E-state index in [-0.39, 0.29) is 17.3 Å². The summed E-state index contributed by atoms with van der Waals surface area (Å²) in [6.45, 7) is 0.344. The van der Waals surface area contributed by atoms with Gasteiger partial charge in [0.2, 0.25) is 0 Å². The van der Waals surface area contributed by atoms with Gasteiger partial charge in [0.15, 0.2) is 0 Å². The first-order valence-corrected chi connectivity index (χ1v) is 7.90. The topological polar surface area (TPSA) is 88.5 Å². The van der Waals surface area contributed by atoms with Gasteiger partial charge < -0.3 is 15.2 Å². The first kappa shape index (κ1) is 17.2. The molecule has 26 heavy (non-hydrogen) atoms. The van der Waals surface area contributed by atoms with Gasteiger partial charge in [0.25, 0.3) is 5.91 Å². The van der Waals surface area contributed by atoms with Gasteiger partial charge in [0.05, 0.1) is 11.1 Å². The number of carbonyl (C=O) groups excluding carboxylic acids is 1. The average Bonchev–Trinajstić information content (AvgIpc) is 2.68. The quantitative estimate of drug-likeness (QED) is 0.710. The van der Waals surface area contributed by atoms with Gasteiger partial charge in [-0.1, -0.05) is 42.5 Å². The fraction of sp³-hybridized carbons (Fsp3) is 0.0500. The number of para-hydroxylation sites is 1. The second-order valence-electron chi connectivity index (χ2n) is 5.46. The highest BCUT2D eigenvalue weighted by Crippen LogP contribution is 2.20. The van der Waals surface area contributed by atoms with E-state index in [2.05, 4.69) is 10.3 Å². The van der Waals surface area contributed by atoms with Gasteiger partial charge in [0, 0.05) is 6.20 Å². The van der Waals surface area contributed by atoms with Crippen molar-refractivity contribution in [1.29, 1.82) is 0 Å². The molecule has 0 radical (unpaired) electrons. The molecule has 0 atom stereocenters. The monoisotopic (exact) mass is 348 g/mol. The minimum atomic E-state index is -1.07. The molecule has 0 fully saturated rings. The predicted octanol–water partition coefficient (Wildman–Crippen LogP) is 3.61. The highest BCUT2D eigenvalue weighted by Gasteiger charge is 2.13. The van der Waals surface area contributed by atoms with Crippen LogP contribution in [0.25, 0.3) is 0 Å². The molecule has 1 amide bonds. The summed E-state index contributed by atoms with van der Waals surface area (Å²) in [4.78, 5) is 27.3. The van der Waals surface area contributed by atoms with Crippen LogP contribution in [0.3, 0.4) is 0 Å². The Morgan fingerprint density at radius 3 is 2.38 bits per heavy atom. The molecule has 2 aromatic carbocycles. The Hall–Kier alpha value is -3.67. The molecule has 2 N–H and O–H groups in total. The SMILES string of the molecule is O=C(O)c1ccc(NC(=O)c2ccccc2OCc2ccccc2)nc1. The van der Waals surface area contributed by atoms with Gasteiger partial charge in [-0.2, -0.15) is 0 Å².